The van der Waals surface area contributed by atoms with Gasteiger partial charge in [-0.25, -0.2) is 0 Å². The van der Waals surface area contributed by atoms with Crippen LogP contribution in [0, 0.1) is 11.8 Å². The Morgan fingerprint density at radius 3 is 2.81 bits per heavy atom. The highest BCUT2D eigenvalue weighted by Crippen LogP contribution is 2.54. The van der Waals surface area contributed by atoms with E-state index in [0.717, 1.165) is 18.4 Å². The lowest BCUT2D eigenvalue weighted by atomic mass is 9.73. The summed E-state index contributed by atoms with van der Waals surface area (Å²) in [5.41, 5.74) is 2.22. The van der Waals surface area contributed by atoms with E-state index in [2.05, 4.69) is 26.5 Å². The largest absolute Gasteiger partial charge is 0.488 e. The van der Waals surface area contributed by atoms with Crippen LogP contribution in [0.25, 0.3) is 0 Å². The molecule has 0 bridgehead atoms. The van der Waals surface area contributed by atoms with Gasteiger partial charge in [0.1, 0.15) is 23.6 Å². The maximum atomic E-state index is 12.8. The van der Waals surface area contributed by atoms with E-state index in [4.69, 9.17) is 9.47 Å². The summed E-state index contributed by atoms with van der Waals surface area (Å²) in [4.78, 5) is 12.8. The van der Waals surface area contributed by atoms with E-state index >= 15 is 0 Å². The van der Waals surface area contributed by atoms with E-state index in [9.17, 15) is 15.0 Å². The number of hydrogen-bond acceptors (Lipinski definition) is 5. The Hall–Kier alpha value is -1.43. The van der Waals surface area contributed by atoms with Crippen molar-refractivity contribution in [3.8, 4) is 0 Å². The third kappa shape index (κ3) is 3.65. The maximum absolute atomic E-state index is 12.8. The topological polar surface area (TPSA) is 76.0 Å². The van der Waals surface area contributed by atoms with Gasteiger partial charge in [0.2, 0.25) is 0 Å². The van der Waals surface area contributed by atoms with E-state index in [1.807, 2.05) is 6.92 Å². The number of Topliss-reactive ketones (excluding diaryl/α,β-unsaturated/α-hetero) is 1. The van der Waals surface area contributed by atoms with E-state index < -0.39 is 18.3 Å². The zero-order valence-corrected chi connectivity index (χ0v) is 16.8. The maximum Gasteiger partial charge on any atom is 0.191 e. The highest BCUT2D eigenvalue weighted by atomic mass is 16.5. The molecule has 2 aliphatic carbocycles. The number of allylic oxidation sites excluding steroid dienone is 1. The molecule has 0 saturated heterocycles. The van der Waals surface area contributed by atoms with Gasteiger partial charge in [-0.15, -0.1) is 0 Å². The van der Waals surface area contributed by atoms with Gasteiger partial charge in [0.25, 0.3) is 0 Å². The fourth-order valence-corrected chi connectivity index (χ4v) is 4.87. The molecule has 3 aliphatic rings. The fourth-order valence-electron chi connectivity index (χ4n) is 4.87. The van der Waals surface area contributed by atoms with Gasteiger partial charge in [-0.05, 0) is 52.4 Å². The second kappa shape index (κ2) is 7.53. The minimum absolute atomic E-state index is 0.0511. The molecule has 1 heterocycles. The number of ether oxygens (including phenoxy) is 2. The number of rotatable bonds is 5. The van der Waals surface area contributed by atoms with E-state index in [1.165, 1.54) is 12.7 Å². The molecule has 0 aromatic rings. The lowest BCUT2D eigenvalue weighted by Crippen LogP contribution is -2.47. The predicted molar refractivity (Wildman–Crippen MR) is 103 cm³/mol. The summed E-state index contributed by atoms with van der Waals surface area (Å²) in [7, 11) is 1.51. The molecule has 5 heteroatoms. The van der Waals surface area contributed by atoms with Crippen LogP contribution in [-0.4, -0.2) is 47.0 Å². The number of aliphatic hydroxyl groups is 2. The van der Waals surface area contributed by atoms with Crippen LogP contribution in [0.3, 0.4) is 0 Å². The zero-order chi connectivity index (χ0) is 19.9. The van der Waals surface area contributed by atoms with Crippen molar-refractivity contribution in [1.82, 2.24) is 0 Å². The standard InChI is InChI=1S/C22H32O5/c1-12(2)17(23)7-6-13(3)14-8-9-22(4)16(14)10-15-20(25)19(26-5)11-18(24)21(15)27-22/h6,14,16-19,23-24H,1,7-11H2,2-5H3/t14-,16-,17+,18-,19+,22+/m0/s1. The molecule has 2 N–H and O–H groups in total. The Kier molecular flexibility index (Phi) is 5.67. The monoisotopic (exact) mass is 376 g/mol. The molecular weight excluding hydrogens is 344 g/mol. The first kappa shape index (κ1) is 20.3. The quantitative estimate of drug-likeness (QED) is 0.721. The number of methoxy groups -OCH3 is 1. The lowest BCUT2D eigenvalue weighted by molar-refractivity contribution is -0.135. The summed E-state index contributed by atoms with van der Waals surface area (Å²) in [6.45, 7) is 9.83. The van der Waals surface area contributed by atoms with Crippen LogP contribution in [-0.2, 0) is 14.3 Å². The average Bonchev–Trinajstić information content (AvgIpc) is 2.97. The highest BCUT2D eigenvalue weighted by molar-refractivity contribution is 6.00. The van der Waals surface area contributed by atoms with Gasteiger partial charge in [0.05, 0.1) is 6.10 Å². The molecule has 5 nitrogen and oxygen atoms in total. The van der Waals surface area contributed by atoms with Crippen molar-refractivity contribution in [1.29, 1.82) is 0 Å². The number of fused-ring (bicyclic) bond motifs is 1. The Bertz CT molecular complexity index is 691. The van der Waals surface area contributed by atoms with Gasteiger partial charge in [0, 0.05) is 25.0 Å². The summed E-state index contributed by atoms with van der Waals surface area (Å²) in [5.74, 6) is 0.896. The van der Waals surface area contributed by atoms with Crippen molar-refractivity contribution < 1.29 is 24.5 Å². The normalized spacial score (nSPS) is 37.6. The van der Waals surface area contributed by atoms with E-state index in [-0.39, 0.29) is 23.7 Å². The first-order chi connectivity index (χ1) is 12.7. The average molecular weight is 376 g/mol. The summed E-state index contributed by atoms with van der Waals surface area (Å²) >= 11 is 0. The van der Waals surface area contributed by atoms with Crippen LogP contribution in [0.2, 0.25) is 0 Å². The van der Waals surface area contributed by atoms with Gasteiger partial charge >= 0.3 is 0 Å². The molecule has 0 radical (unpaired) electrons. The van der Waals surface area contributed by atoms with Crippen LogP contribution in [0.4, 0.5) is 0 Å². The van der Waals surface area contributed by atoms with E-state index in [1.54, 1.807) is 0 Å². The van der Waals surface area contributed by atoms with Gasteiger partial charge < -0.3 is 19.7 Å². The second-order valence-corrected chi connectivity index (χ2v) is 8.60. The molecule has 6 atom stereocenters. The summed E-state index contributed by atoms with van der Waals surface area (Å²) in [6, 6.07) is 0. The van der Waals surface area contributed by atoms with Gasteiger partial charge in [-0.3, -0.25) is 4.79 Å². The summed E-state index contributed by atoms with van der Waals surface area (Å²) < 4.78 is 11.6. The number of carbonyl (C=O) groups is 1. The molecule has 0 unspecified atom stereocenters. The van der Waals surface area contributed by atoms with Crippen LogP contribution < -0.4 is 0 Å². The molecule has 150 valence electrons. The Morgan fingerprint density at radius 2 is 2.19 bits per heavy atom. The summed E-state index contributed by atoms with van der Waals surface area (Å²) in [5, 5.41) is 20.5. The molecule has 1 aliphatic heterocycles. The molecule has 1 saturated carbocycles. The molecule has 3 rings (SSSR count). The molecule has 0 aromatic heterocycles. The number of hydrogen-bond donors (Lipinski definition) is 2. The van der Waals surface area contributed by atoms with Gasteiger partial charge in [-0.1, -0.05) is 23.8 Å². The number of ketones is 1. The smallest absolute Gasteiger partial charge is 0.191 e. The highest BCUT2D eigenvalue weighted by Gasteiger charge is 2.54. The SMILES string of the molecule is C=C(C)[C@H](O)CC=C(C)[C@@H]1CC[C@@]2(C)OC3=C(C[C@@H]12)C(=O)[C@H](OC)C[C@@H]3O. The summed E-state index contributed by atoms with van der Waals surface area (Å²) in [6.07, 6.45) is 3.50. The van der Waals surface area contributed by atoms with Crippen molar-refractivity contribution in [3.05, 3.63) is 35.1 Å². The molecular formula is C22H32O5. The van der Waals surface area contributed by atoms with Crippen molar-refractivity contribution in [3.63, 3.8) is 0 Å². The Balaban J connectivity index is 1.84. The van der Waals surface area contributed by atoms with Crippen molar-refractivity contribution in [2.24, 2.45) is 11.8 Å². The molecule has 27 heavy (non-hydrogen) atoms. The van der Waals surface area contributed by atoms with Gasteiger partial charge in [0.15, 0.2) is 5.78 Å². The van der Waals surface area contributed by atoms with Crippen molar-refractivity contribution in [2.75, 3.05) is 7.11 Å². The van der Waals surface area contributed by atoms with Crippen LogP contribution in [0.1, 0.15) is 52.9 Å². The van der Waals surface area contributed by atoms with Gasteiger partial charge in [-0.2, -0.15) is 0 Å². The molecule has 1 fully saturated rings. The minimum atomic E-state index is -0.776. The van der Waals surface area contributed by atoms with Crippen LogP contribution >= 0.6 is 0 Å². The van der Waals surface area contributed by atoms with Crippen molar-refractivity contribution >= 4 is 5.78 Å². The van der Waals surface area contributed by atoms with Crippen LogP contribution in [0.15, 0.2) is 35.1 Å². The third-order valence-corrected chi connectivity index (χ3v) is 6.72. The molecule has 0 amide bonds. The lowest BCUT2D eigenvalue weighted by Gasteiger charge is -2.44. The third-order valence-electron chi connectivity index (χ3n) is 6.72. The molecule has 0 spiro atoms. The fraction of sp³-hybridized carbons (Fsp3) is 0.682. The predicted octanol–water partition coefficient (Wildman–Crippen LogP) is 3.07. The second-order valence-electron chi connectivity index (χ2n) is 8.60. The first-order valence-corrected chi connectivity index (χ1v) is 9.85. The van der Waals surface area contributed by atoms with Crippen LogP contribution in [0.5, 0.6) is 0 Å². The number of carbonyl (C=O) groups excluding carboxylic acids is 1. The van der Waals surface area contributed by atoms with E-state index in [0.29, 0.717) is 30.1 Å². The molecule has 0 aromatic carbocycles. The number of aliphatic hydroxyl groups excluding tert-OH is 2. The Morgan fingerprint density at radius 1 is 1.48 bits per heavy atom. The first-order valence-electron chi connectivity index (χ1n) is 9.85. The Labute approximate surface area is 161 Å². The zero-order valence-electron chi connectivity index (χ0n) is 16.8. The van der Waals surface area contributed by atoms with Crippen molar-refractivity contribution in [2.45, 2.75) is 76.8 Å². The minimum Gasteiger partial charge on any atom is -0.488 e.